The molecule has 4 aliphatic rings. The van der Waals surface area contributed by atoms with Crippen molar-refractivity contribution in [2.45, 2.75) is 129 Å². The van der Waals surface area contributed by atoms with Crippen molar-refractivity contribution in [1.82, 2.24) is 0 Å². The first-order chi connectivity index (χ1) is 39.6. The molecular formula is C70H76N2O8. The van der Waals surface area contributed by atoms with E-state index in [-0.39, 0.29) is 25.2 Å². The van der Waals surface area contributed by atoms with Crippen LogP contribution in [0.5, 0.6) is 0 Å². The van der Waals surface area contributed by atoms with E-state index < -0.39 is 0 Å². The van der Waals surface area contributed by atoms with Gasteiger partial charge in [0.05, 0.1) is 26.4 Å². The minimum absolute atomic E-state index is 0.120. The predicted octanol–water partition coefficient (Wildman–Crippen LogP) is 17.1. The smallest absolute Gasteiger partial charge is 0.158 e. The first-order valence-corrected chi connectivity index (χ1v) is 29.2. The maximum absolute atomic E-state index is 6.11. The quantitative estimate of drug-likeness (QED) is 0.0612. The van der Waals surface area contributed by atoms with Crippen molar-refractivity contribution >= 4 is 58.4 Å². The highest BCUT2D eigenvalue weighted by molar-refractivity contribution is 5.80. The summed E-state index contributed by atoms with van der Waals surface area (Å²) in [5, 5.41) is 0. The summed E-state index contributed by atoms with van der Waals surface area (Å²) in [7, 11) is 0. The Morgan fingerprint density at radius 3 is 0.675 bits per heavy atom. The minimum atomic E-state index is -0.120. The number of ether oxygens (including phenoxy) is 8. The van der Waals surface area contributed by atoms with Crippen LogP contribution in [0, 0.1) is 0 Å². The molecule has 80 heavy (non-hydrogen) atoms. The van der Waals surface area contributed by atoms with E-state index in [0.29, 0.717) is 26.4 Å². The molecule has 0 spiro atoms. The fraction of sp³-hybridized carbons (Fsp3) is 0.343. The minimum Gasteiger partial charge on any atom is -0.353 e. The van der Waals surface area contributed by atoms with Gasteiger partial charge in [0, 0.05) is 60.6 Å². The Kier molecular flexibility index (Phi) is 19.8. The number of rotatable bonds is 22. The molecule has 4 saturated heterocycles. The average Bonchev–Trinajstić information content (AvgIpc) is 3.54. The average molecular weight is 1070 g/mol. The van der Waals surface area contributed by atoms with Crippen LogP contribution < -0.4 is 9.80 Å². The molecule has 0 aromatic heterocycles. The molecule has 414 valence electrons. The van der Waals surface area contributed by atoms with Gasteiger partial charge in [0.15, 0.2) is 25.2 Å². The van der Waals surface area contributed by atoms with Crippen LogP contribution in [0.15, 0.2) is 170 Å². The molecule has 0 aliphatic carbocycles. The fourth-order valence-electron chi connectivity index (χ4n) is 10.6. The van der Waals surface area contributed by atoms with Gasteiger partial charge in [0.2, 0.25) is 0 Å². The van der Waals surface area contributed by atoms with E-state index >= 15 is 0 Å². The Morgan fingerprint density at radius 2 is 0.475 bits per heavy atom. The van der Waals surface area contributed by atoms with Crippen molar-refractivity contribution in [3.63, 3.8) is 0 Å². The van der Waals surface area contributed by atoms with Gasteiger partial charge in [-0.15, -0.1) is 0 Å². The van der Waals surface area contributed by atoms with Crippen molar-refractivity contribution in [3.05, 3.63) is 214 Å². The van der Waals surface area contributed by atoms with Crippen LogP contribution in [0.3, 0.4) is 0 Å². The van der Waals surface area contributed by atoms with Crippen LogP contribution in [0.2, 0.25) is 0 Å². The third kappa shape index (κ3) is 15.8. The summed E-state index contributed by atoms with van der Waals surface area (Å²) in [5.74, 6) is 0. The standard InChI is InChI=1S/C70H76N2O8/c1-5-45-73-67(9-1)77-49-57-25-37-63(38-26-57)71(64-39-27-58(28-40-64)50-78-68-10-2-6-46-74-68)61-33-21-55(22-34-61)19-17-53-13-15-54(16-14-53)18-20-56-23-35-62(36-24-56)72(65-41-29-59(30-42-65)51-79-69-11-3-7-47-75-69)66-43-31-60(32-44-66)52-80-70-12-4-8-48-76-70/h13-44,67-70H,1-12,45-52H2. The summed E-state index contributed by atoms with van der Waals surface area (Å²) in [6, 6.07) is 60.8. The second-order valence-corrected chi connectivity index (χ2v) is 21.3. The van der Waals surface area contributed by atoms with E-state index in [2.05, 4.69) is 204 Å². The highest BCUT2D eigenvalue weighted by atomic mass is 16.7. The molecule has 4 atom stereocenters. The van der Waals surface area contributed by atoms with Gasteiger partial charge in [-0.05, 0) is 194 Å². The van der Waals surface area contributed by atoms with Gasteiger partial charge in [-0.2, -0.15) is 0 Å². The van der Waals surface area contributed by atoms with Crippen LogP contribution in [-0.4, -0.2) is 51.6 Å². The first kappa shape index (κ1) is 55.2. The van der Waals surface area contributed by atoms with Crippen LogP contribution in [0.25, 0.3) is 24.3 Å². The van der Waals surface area contributed by atoms with Crippen molar-refractivity contribution < 1.29 is 37.9 Å². The zero-order valence-electron chi connectivity index (χ0n) is 46.1. The van der Waals surface area contributed by atoms with Gasteiger partial charge in [-0.1, -0.05) is 121 Å². The SMILES string of the molecule is C(=Cc1ccc(N(c2ccc(COC3CCCCO3)cc2)c2ccc(COC3CCCCO3)cc2)cc1)c1ccc(C=Cc2ccc(N(c3ccc(COC4CCCCO4)cc3)c3ccc(COC4CCCCO4)cc3)cc2)cc1. The van der Waals surface area contributed by atoms with E-state index in [1.54, 1.807) is 0 Å². The van der Waals surface area contributed by atoms with Gasteiger partial charge in [-0.3, -0.25) is 0 Å². The third-order valence-electron chi connectivity index (χ3n) is 15.2. The molecule has 4 aliphatic heterocycles. The number of hydrogen-bond acceptors (Lipinski definition) is 10. The van der Waals surface area contributed by atoms with Crippen molar-refractivity contribution in [2.24, 2.45) is 0 Å². The highest BCUT2D eigenvalue weighted by Gasteiger charge is 2.20. The molecule has 7 aromatic carbocycles. The summed E-state index contributed by atoms with van der Waals surface area (Å²) < 4.78 is 47.7. The number of hydrogen-bond donors (Lipinski definition) is 0. The summed E-state index contributed by atoms with van der Waals surface area (Å²) in [5.41, 5.74) is 15.4. The highest BCUT2D eigenvalue weighted by Crippen LogP contribution is 2.38. The normalized spacial score (nSPS) is 19.8. The Balaban J connectivity index is 0.734. The monoisotopic (exact) mass is 1070 g/mol. The van der Waals surface area contributed by atoms with Gasteiger partial charge in [0.25, 0.3) is 0 Å². The number of benzene rings is 7. The Labute approximate surface area is 473 Å². The van der Waals surface area contributed by atoms with Crippen LogP contribution in [-0.2, 0) is 64.3 Å². The molecule has 0 saturated carbocycles. The molecule has 11 rings (SSSR count). The fourth-order valence-corrected chi connectivity index (χ4v) is 10.6. The maximum atomic E-state index is 6.11. The number of anilines is 6. The lowest BCUT2D eigenvalue weighted by Crippen LogP contribution is -2.22. The van der Waals surface area contributed by atoms with Crippen LogP contribution in [0.1, 0.15) is 122 Å². The van der Waals surface area contributed by atoms with E-state index in [0.717, 1.165) is 182 Å². The first-order valence-electron chi connectivity index (χ1n) is 29.2. The summed E-state index contributed by atoms with van der Waals surface area (Å²) in [6.07, 6.45) is 21.0. The van der Waals surface area contributed by atoms with E-state index in [1.807, 2.05) is 0 Å². The van der Waals surface area contributed by atoms with E-state index in [9.17, 15) is 0 Å². The second kappa shape index (κ2) is 28.6. The molecule has 10 heteroatoms. The molecule has 0 bridgehead atoms. The Hall–Kier alpha value is -6.70. The zero-order valence-corrected chi connectivity index (χ0v) is 46.1. The Bertz CT molecular complexity index is 2650. The lowest BCUT2D eigenvalue weighted by molar-refractivity contribution is -0.169. The largest absolute Gasteiger partial charge is 0.353 e. The Morgan fingerprint density at radius 1 is 0.275 bits per heavy atom. The number of nitrogens with zero attached hydrogens (tertiary/aromatic N) is 2. The summed E-state index contributed by atoms with van der Waals surface area (Å²) in [6.45, 7) is 5.19. The van der Waals surface area contributed by atoms with Gasteiger partial charge >= 0.3 is 0 Å². The molecule has 0 radical (unpaired) electrons. The van der Waals surface area contributed by atoms with Crippen molar-refractivity contribution in [3.8, 4) is 0 Å². The summed E-state index contributed by atoms with van der Waals surface area (Å²) in [4.78, 5) is 4.59. The third-order valence-corrected chi connectivity index (χ3v) is 15.2. The van der Waals surface area contributed by atoms with Gasteiger partial charge in [0.1, 0.15) is 0 Å². The van der Waals surface area contributed by atoms with Gasteiger partial charge < -0.3 is 47.7 Å². The molecule has 4 unspecified atom stereocenters. The van der Waals surface area contributed by atoms with Crippen molar-refractivity contribution in [1.29, 1.82) is 0 Å². The van der Waals surface area contributed by atoms with E-state index in [4.69, 9.17) is 37.9 Å². The molecule has 0 N–H and O–H groups in total. The molecule has 7 aromatic rings. The topological polar surface area (TPSA) is 80.3 Å². The molecule has 0 amide bonds. The lowest BCUT2D eigenvalue weighted by Gasteiger charge is -2.26. The van der Waals surface area contributed by atoms with Crippen molar-refractivity contribution in [2.75, 3.05) is 36.2 Å². The summed E-state index contributed by atoms with van der Waals surface area (Å²) >= 11 is 0. The zero-order chi connectivity index (χ0) is 54.0. The van der Waals surface area contributed by atoms with Crippen LogP contribution >= 0.6 is 0 Å². The van der Waals surface area contributed by atoms with Crippen LogP contribution in [0.4, 0.5) is 34.1 Å². The van der Waals surface area contributed by atoms with Gasteiger partial charge in [-0.25, -0.2) is 0 Å². The predicted molar refractivity (Wildman–Crippen MR) is 320 cm³/mol. The van der Waals surface area contributed by atoms with E-state index in [1.165, 1.54) is 0 Å². The molecule has 10 nitrogen and oxygen atoms in total. The molecule has 4 heterocycles. The molecular weight excluding hydrogens is 997 g/mol. The molecule has 4 fully saturated rings. The maximum Gasteiger partial charge on any atom is 0.158 e. The lowest BCUT2D eigenvalue weighted by atomic mass is 10.1. The second-order valence-electron chi connectivity index (χ2n) is 21.3.